The highest BCUT2D eigenvalue weighted by atomic mass is 127. The van der Waals surface area contributed by atoms with Crippen LogP contribution in [0.15, 0.2) is 73.2 Å². The molecule has 1 saturated carbocycles. The summed E-state index contributed by atoms with van der Waals surface area (Å²) < 4.78 is 73.5. The van der Waals surface area contributed by atoms with Crippen molar-refractivity contribution < 1.29 is 50.9 Å². The van der Waals surface area contributed by atoms with Crippen LogP contribution in [0, 0.1) is 33.9 Å². The second-order valence-corrected chi connectivity index (χ2v) is 29.6. The van der Waals surface area contributed by atoms with Crippen LogP contribution in [0.2, 0.25) is 0 Å². The number of aryl methyl sites for hydroxylation is 1. The van der Waals surface area contributed by atoms with Crippen LogP contribution < -0.4 is 15.5 Å². The molecule has 530 valence electrons. The molecule has 11 heterocycles. The maximum absolute atomic E-state index is 14.6. The van der Waals surface area contributed by atoms with E-state index in [1.165, 1.54) is 50.9 Å². The molecular formula is C69H80F3IN16O8S3. The highest BCUT2D eigenvalue weighted by molar-refractivity contribution is 14.1. The number of nitrogens with two attached hydrogens (primary N) is 1. The number of thiophene rings is 2. The number of aliphatic hydroxyl groups excluding tert-OH is 1. The van der Waals surface area contributed by atoms with Gasteiger partial charge in [0.25, 0.3) is 11.8 Å². The number of carbonyl (C=O) groups is 2. The van der Waals surface area contributed by atoms with Gasteiger partial charge >= 0.3 is 11.6 Å². The molecule has 5 saturated heterocycles. The number of fused-ring (bicyclic) bond motifs is 3. The van der Waals surface area contributed by atoms with Crippen LogP contribution in [0.5, 0.6) is 0 Å². The number of piperazine rings is 2. The molecule has 0 bridgehead atoms. The number of rotatable bonds is 13. The van der Waals surface area contributed by atoms with Crippen molar-refractivity contribution in [2.75, 3.05) is 141 Å². The third-order valence-electron chi connectivity index (χ3n) is 19.3. The molecule has 0 radical (unpaired) electrons. The number of likely N-dealkylation sites (N-methyl/N-ethyl adjacent to an activating group) is 1. The van der Waals surface area contributed by atoms with Gasteiger partial charge in [-0.3, -0.25) is 24.5 Å². The number of nitrogens with zero attached hydrogens (tertiary/aromatic N) is 14. The Morgan fingerprint density at radius 1 is 0.760 bits per heavy atom. The molecule has 0 spiro atoms. The summed E-state index contributed by atoms with van der Waals surface area (Å²) in [5.41, 5.74) is 10.7. The highest BCUT2D eigenvalue weighted by Gasteiger charge is 2.49. The minimum atomic E-state index is -1.14. The Balaban J connectivity index is 0.000000140. The van der Waals surface area contributed by atoms with Crippen LogP contribution >= 0.6 is 45.3 Å². The first kappa shape index (κ1) is 72.5. The van der Waals surface area contributed by atoms with E-state index in [2.05, 4.69) is 70.8 Å². The first-order valence-corrected chi connectivity index (χ1v) is 36.9. The summed E-state index contributed by atoms with van der Waals surface area (Å²) in [6, 6.07) is 15.1. The first-order valence-electron chi connectivity index (χ1n) is 33.6. The number of hydrogen-bond donors (Lipinski definition) is 4. The Morgan fingerprint density at radius 3 is 2.06 bits per heavy atom. The molecule has 24 nitrogen and oxygen atoms in total. The van der Waals surface area contributed by atoms with Gasteiger partial charge in [0.05, 0.1) is 77.2 Å². The van der Waals surface area contributed by atoms with E-state index in [1.807, 2.05) is 52.3 Å². The molecule has 3 aromatic carbocycles. The van der Waals surface area contributed by atoms with E-state index in [1.54, 1.807) is 34.7 Å². The number of anilines is 3. The van der Waals surface area contributed by atoms with Crippen molar-refractivity contribution in [2.45, 2.75) is 77.2 Å². The number of nitrogens with one attached hydrogen (secondary N) is 1. The summed E-state index contributed by atoms with van der Waals surface area (Å²) in [6.07, 6.45) is 9.21. The lowest BCUT2D eigenvalue weighted by Gasteiger charge is -2.51. The van der Waals surface area contributed by atoms with Crippen LogP contribution in [-0.2, 0) is 45.3 Å². The fourth-order valence-corrected chi connectivity index (χ4v) is 16.5. The van der Waals surface area contributed by atoms with Crippen molar-refractivity contribution in [3.8, 4) is 22.8 Å². The second kappa shape index (κ2) is 32.8. The SMILES string of the molecule is CN1CCN(Cc2cc3nc(-c4cccc5[nH]ncc45)nc(N4CCOCC4)c3s2)CC1.Cc1c(CN2CCN(C(=O)[C@H](C)O)CC2)sc2c(N3CCOCC3)nc(-c3cnc(N)nc3)nc12.O=C(c1ccc(F)c(F)c1Cc1ccc(I)cc1F)N1CC(O)(C2CCCCC2)C1.O=S=O. The highest BCUT2D eigenvalue weighted by Crippen LogP contribution is 2.42. The monoisotopic (exact) mass is 1540 g/mol. The number of β-amino-alcohol motifs (C(OH)–C–C–N with tert-alkyl or cyclic N) is 1. The van der Waals surface area contributed by atoms with E-state index in [4.69, 9.17) is 43.6 Å². The number of amides is 2. The van der Waals surface area contributed by atoms with Gasteiger partial charge in [0.15, 0.2) is 34.9 Å². The molecule has 6 aliphatic rings. The Kier molecular flexibility index (Phi) is 23.8. The predicted octanol–water partition coefficient (Wildman–Crippen LogP) is 8.12. The van der Waals surface area contributed by atoms with E-state index < -0.39 is 46.6 Å². The molecule has 0 unspecified atom stereocenters. The van der Waals surface area contributed by atoms with Crippen LogP contribution in [0.25, 0.3) is 54.1 Å². The summed E-state index contributed by atoms with van der Waals surface area (Å²) in [4.78, 5) is 71.1. The summed E-state index contributed by atoms with van der Waals surface area (Å²) in [5.74, 6) is 0.263. The summed E-state index contributed by atoms with van der Waals surface area (Å²) in [6.45, 7) is 19.1. The average molecular weight is 1540 g/mol. The zero-order valence-electron chi connectivity index (χ0n) is 55.9. The lowest BCUT2D eigenvalue weighted by molar-refractivity contribution is -0.141. The normalized spacial score (nSPS) is 18.2. The van der Waals surface area contributed by atoms with Gasteiger partial charge in [0.2, 0.25) is 5.95 Å². The summed E-state index contributed by atoms with van der Waals surface area (Å²) in [7, 11) is 2.20. The van der Waals surface area contributed by atoms with Crippen molar-refractivity contribution in [1.82, 2.24) is 64.6 Å². The fourth-order valence-electron chi connectivity index (χ4n) is 13.6. The van der Waals surface area contributed by atoms with Gasteiger partial charge in [-0.05, 0) is 110 Å². The number of aliphatic hydroxyl groups is 2. The van der Waals surface area contributed by atoms with Gasteiger partial charge in [-0.1, -0.05) is 37.5 Å². The van der Waals surface area contributed by atoms with Crippen molar-refractivity contribution in [2.24, 2.45) is 5.92 Å². The predicted molar refractivity (Wildman–Crippen MR) is 387 cm³/mol. The van der Waals surface area contributed by atoms with E-state index in [0.29, 0.717) is 35.7 Å². The number of nitrogen functional groups attached to an aromatic ring is 1. The van der Waals surface area contributed by atoms with Gasteiger partial charge in [-0.15, -0.1) is 22.7 Å². The number of H-pyrrole nitrogens is 1. The van der Waals surface area contributed by atoms with Gasteiger partial charge < -0.3 is 49.9 Å². The molecule has 5 N–H and O–H groups in total. The Bertz CT molecular complexity index is 4390. The number of benzene rings is 3. The molecule has 5 aliphatic heterocycles. The van der Waals surface area contributed by atoms with E-state index in [-0.39, 0.29) is 54.0 Å². The molecule has 1 aliphatic carbocycles. The Hall–Kier alpha value is -7.31. The molecule has 31 heteroatoms. The number of carbonyl (C=O) groups excluding carboxylic acids is 2. The third-order valence-corrected chi connectivity index (χ3v) is 22.3. The van der Waals surface area contributed by atoms with Gasteiger partial charge in [0.1, 0.15) is 17.5 Å². The molecule has 2 amide bonds. The summed E-state index contributed by atoms with van der Waals surface area (Å²) >= 11 is 4.79. The number of halogens is 4. The number of aromatic nitrogens is 8. The van der Waals surface area contributed by atoms with E-state index in [0.717, 1.165) is 184 Å². The van der Waals surface area contributed by atoms with Crippen molar-refractivity contribution in [3.05, 3.63) is 126 Å². The van der Waals surface area contributed by atoms with Crippen LogP contribution in [0.1, 0.15) is 75.8 Å². The van der Waals surface area contributed by atoms with E-state index >= 15 is 0 Å². The lowest BCUT2D eigenvalue weighted by Crippen LogP contribution is -2.67. The number of likely N-dealkylation sites (tertiary alicyclic amines) is 1. The maximum atomic E-state index is 14.6. The van der Waals surface area contributed by atoms with Crippen molar-refractivity contribution in [1.29, 1.82) is 0 Å². The third kappa shape index (κ3) is 16.8. The minimum Gasteiger partial charge on any atom is -0.386 e. The number of ether oxygens (including phenoxy) is 2. The molecule has 6 aromatic heterocycles. The van der Waals surface area contributed by atoms with Gasteiger partial charge in [0, 0.05) is 146 Å². The smallest absolute Gasteiger partial charge is 0.335 e. The molecule has 9 aromatic rings. The van der Waals surface area contributed by atoms with Crippen molar-refractivity contribution >= 4 is 118 Å². The van der Waals surface area contributed by atoms with Crippen molar-refractivity contribution in [3.63, 3.8) is 0 Å². The van der Waals surface area contributed by atoms with E-state index in [9.17, 15) is 33.0 Å². The molecule has 6 fully saturated rings. The standard InChI is InChI=1S/C23H23F3INO2.C23H30N8O3S.C23H27N7OS.O2S/c24-19-9-8-17(18(21(19)26)10-14-6-7-16(27)11-20(14)25)22(29)28-12-23(30,13-28)15-4-2-1-3-5-15;1-14-17(13-29-3-5-31(6-4-29)22(33)15(2)32)35-19-18(14)27-20(16-11-25-23(24)26-12-16)28-21(19)30-7-9-34-10-8-30;1-28-5-7-29(8-6-28)15-16-13-20-21(32-16)23(30-9-11-31-12-10-30)26-22(25-20)17-3-2-4-19-18(17)14-24-27-19;1-3-2/h6-9,11,15,30H,1-5,10,12-13H2;11-12,15,32H,3-10,13H2,1-2H3,(H2,24,25,26);2-4,13-14H,5-12,15H2,1H3,(H,24,27);/t;15-;;/m.0../s1. The lowest BCUT2D eigenvalue weighted by atomic mass is 9.72. The molecule has 1 atom stereocenters. The minimum absolute atomic E-state index is 0.0116. The maximum Gasteiger partial charge on any atom is 0.335 e. The van der Waals surface area contributed by atoms with Crippen LogP contribution in [-0.4, -0.2) is 232 Å². The zero-order chi connectivity index (χ0) is 70.2. The van der Waals surface area contributed by atoms with Crippen LogP contribution in [0.4, 0.5) is 30.8 Å². The fraction of sp³-hybridized carbons (Fsp3) is 0.464. The second-order valence-electron chi connectivity index (χ2n) is 26.0. The average Bonchev–Trinajstić information content (AvgIpc) is 0.975. The largest absolute Gasteiger partial charge is 0.386 e. The Morgan fingerprint density at radius 2 is 1.40 bits per heavy atom. The topological polar surface area (TPSA) is 282 Å². The van der Waals surface area contributed by atoms with Crippen LogP contribution in [0.3, 0.4) is 0 Å². The molecule has 15 rings (SSSR count). The number of morpholine rings is 2. The number of hydrogen-bond acceptors (Lipinski definition) is 23. The zero-order valence-corrected chi connectivity index (χ0v) is 60.5. The van der Waals surface area contributed by atoms with Gasteiger partial charge in [-0.2, -0.15) is 13.5 Å². The van der Waals surface area contributed by atoms with Gasteiger partial charge in [-0.25, -0.2) is 43.1 Å². The number of aromatic amines is 1. The quantitative estimate of drug-likeness (QED) is 0.0793. The Labute approximate surface area is 601 Å². The molecular weight excluding hydrogens is 1460 g/mol. The molecule has 100 heavy (non-hydrogen) atoms. The first-order chi connectivity index (χ1) is 48.3. The summed E-state index contributed by atoms with van der Waals surface area (Å²) in [5, 5.41) is 28.8.